The second kappa shape index (κ2) is 5.29. The molecule has 1 N–H and O–H groups in total. The van der Waals surface area contributed by atoms with Gasteiger partial charge >= 0.3 is 5.97 Å². The van der Waals surface area contributed by atoms with E-state index in [9.17, 15) is 9.90 Å². The molecule has 1 aromatic heterocycles. The first kappa shape index (κ1) is 13.2. The van der Waals surface area contributed by atoms with Crippen LogP contribution in [-0.2, 0) is 11.3 Å². The highest BCUT2D eigenvalue weighted by Crippen LogP contribution is 2.40. The number of rotatable bonds is 5. The molecule has 20 heavy (non-hydrogen) atoms. The van der Waals surface area contributed by atoms with Crippen molar-refractivity contribution >= 4 is 16.9 Å². The molecule has 0 radical (unpaired) electrons. The van der Waals surface area contributed by atoms with E-state index in [1.807, 2.05) is 16.7 Å². The van der Waals surface area contributed by atoms with Gasteiger partial charge in [0.25, 0.3) is 0 Å². The van der Waals surface area contributed by atoms with Crippen LogP contribution in [0.1, 0.15) is 41.1 Å². The molecule has 3 rings (SSSR count). The van der Waals surface area contributed by atoms with Crippen LogP contribution in [0.15, 0.2) is 24.4 Å². The first-order valence-electron chi connectivity index (χ1n) is 7.06. The van der Waals surface area contributed by atoms with Crippen LogP contribution in [0.3, 0.4) is 0 Å². The summed E-state index contributed by atoms with van der Waals surface area (Å²) in [4.78, 5) is 11.4. The number of carbonyl (C=O) groups is 1. The number of fused-ring (bicyclic) bond motifs is 1. The minimum atomic E-state index is -0.864. The molecular weight excluding hydrogens is 254 g/mol. The summed E-state index contributed by atoms with van der Waals surface area (Å²) in [5.41, 5.74) is 2.75. The summed E-state index contributed by atoms with van der Waals surface area (Å²) in [6.45, 7) is 1.27. The van der Waals surface area contributed by atoms with Crippen molar-refractivity contribution in [2.45, 2.75) is 31.7 Å². The van der Waals surface area contributed by atoms with Crippen molar-refractivity contribution in [1.29, 1.82) is 0 Å². The number of carboxylic acid groups (broad SMARTS) is 1. The molecule has 0 unspecified atom stereocenters. The molecule has 1 aliphatic carbocycles. The van der Waals surface area contributed by atoms with Crippen LogP contribution in [0.4, 0.5) is 0 Å². The first-order valence-corrected chi connectivity index (χ1v) is 7.06. The van der Waals surface area contributed by atoms with Gasteiger partial charge in [-0.3, -0.25) is 0 Å². The molecule has 0 aliphatic heterocycles. The number of hydrogen-bond donors (Lipinski definition) is 1. The molecule has 0 amide bonds. The van der Waals surface area contributed by atoms with Crippen molar-refractivity contribution in [3.63, 3.8) is 0 Å². The number of benzene rings is 1. The fraction of sp³-hybridized carbons (Fsp3) is 0.438. The van der Waals surface area contributed by atoms with Crippen LogP contribution in [0, 0.1) is 0 Å². The van der Waals surface area contributed by atoms with Gasteiger partial charge in [0.1, 0.15) is 0 Å². The fourth-order valence-electron chi connectivity index (χ4n) is 2.97. The summed E-state index contributed by atoms with van der Waals surface area (Å²) in [6.07, 6.45) is 5.42. The Kier molecular flexibility index (Phi) is 3.49. The van der Waals surface area contributed by atoms with E-state index >= 15 is 0 Å². The van der Waals surface area contributed by atoms with Crippen molar-refractivity contribution in [2.24, 2.45) is 0 Å². The highest BCUT2D eigenvalue weighted by Gasteiger charge is 2.24. The molecule has 1 heterocycles. The average Bonchev–Trinajstić information content (AvgIpc) is 2.74. The number of para-hydroxylation sites is 1. The Labute approximate surface area is 118 Å². The number of aromatic carboxylic acids is 1. The third-order valence-corrected chi connectivity index (χ3v) is 4.24. The van der Waals surface area contributed by atoms with E-state index < -0.39 is 5.97 Å². The van der Waals surface area contributed by atoms with Crippen LogP contribution in [-0.4, -0.2) is 29.4 Å². The van der Waals surface area contributed by atoms with Crippen LogP contribution in [0.5, 0.6) is 0 Å². The summed E-state index contributed by atoms with van der Waals surface area (Å²) < 4.78 is 7.17. The minimum Gasteiger partial charge on any atom is -0.478 e. The predicted octanol–water partition coefficient (Wildman–Crippen LogP) is 3.25. The number of ether oxygens (including phenoxy) is 1. The zero-order valence-electron chi connectivity index (χ0n) is 11.6. The fourth-order valence-corrected chi connectivity index (χ4v) is 2.97. The van der Waals surface area contributed by atoms with Gasteiger partial charge < -0.3 is 14.4 Å². The molecule has 4 nitrogen and oxygen atoms in total. The molecule has 106 valence electrons. The lowest BCUT2D eigenvalue weighted by Crippen LogP contribution is -2.11. The van der Waals surface area contributed by atoms with Gasteiger partial charge in [-0.15, -0.1) is 0 Å². The van der Waals surface area contributed by atoms with Crippen molar-refractivity contribution < 1.29 is 14.6 Å². The number of nitrogens with zero attached hydrogens (tertiary/aromatic N) is 1. The summed E-state index contributed by atoms with van der Waals surface area (Å²) in [5, 5.41) is 10.2. The highest BCUT2D eigenvalue weighted by atomic mass is 16.5. The Morgan fingerprint density at radius 3 is 2.85 bits per heavy atom. The van der Waals surface area contributed by atoms with Crippen LogP contribution in [0.2, 0.25) is 0 Å². The van der Waals surface area contributed by atoms with Gasteiger partial charge in [-0.1, -0.05) is 24.6 Å². The summed E-state index contributed by atoms with van der Waals surface area (Å²) in [5.74, 6) is -0.284. The molecule has 0 spiro atoms. The quantitative estimate of drug-likeness (QED) is 0.909. The number of carboxylic acids is 1. The molecule has 0 bridgehead atoms. The van der Waals surface area contributed by atoms with Crippen molar-refractivity contribution in [3.05, 3.63) is 35.5 Å². The number of hydrogen-bond acceptors (Lipinski definition) is 2. The van der Waals surface area contributed by atoms with E-state index in [0.29, 0.717) is 24.6 Å². The molecular formula is C16H19NO3. The van der Waals surface area contributed by atoms with Crippen molar-refractivity contribution in [3.8, 4) is 0 Å². The summed E-state index contributed by atoms with van der Waals surface area (Å²) >= 11 is 0. The van der Waals surface area contributed by atoms with Crippen LogP contribution < -0.4 is 0 Å². The largest absolute Gasteiger partial charge is 0.478 e. The van der Waals surface area contributed by atoms with E-state index in [1.165, 1.54) is 24.8 Å². The van der Waals surface area contributed by atoms with Gasteiger partial charge in [0.2, 0.25) is 0 Å². The third kappa shape index (κ3) is 2.10. The number of methoxy groups -OCH3 is 1. The van der Waals surface area contributed by atoms with Crippen molar-refractivity contribution in [1.82, 2.24) is 4.57 Å². The van der Waals surface area contributed by atoms with E-state index in [0.717, 1.165) is 10.9 Å². The van der Waals surface area contributed by atoms with Gasteiger partial charge in [0.05, 0.1) is 17.7 Å². The Hall–Kier alpha value is -1.81. The molecule has 0 atom stereocenters. The smallest absolute Gasteiger partial charge is 0.337 e. The maximum Gasteiger partial charge on any atom is 0.337 e. The molecule has 0 saturated heterocycles. The highest BCUT2D eigenvalue weighted by molar-refractivity contribution is 6.04. The Morgan fingerprint density at radius 2 is 2.25 bits per heavy atom. The zero-order chi connectivity index (χ0) is 14.1. The minimum absolute atomic E-state index is 0.386. The maximum atomic E-state index is 11.4. The SMILES string of the molecule is COCCn1cc(C(=O)O)c2cccc(C3CCC3)c21. The third-order valence-electron chi connectivity index (χ3n) is 4.24. The Morgan fingerprint density at radius 1 is 1.45 bits per heavy atom. The van der Waals surface area contributed by atoms with Crippen LogP contribution >= 0.6 is 0 Å². The summed E-state index contributed by atoms with van der Waals surface area (Å²) in [7, 11) is 1.66. The lowest BCUT2D eigenvalue weighted by Gasteiger charge is -2.27. The van der Waals surface area contributed by atoms with Crippen LogP contribution in [0.25, 0.3) is 10.9 Å². The van der Waals surface area contributed by atoms with E-state index in [1.54, 1.807) is 13.3 Å². The van der Waals surface area contributed by atoms with E-state index in [4.69, 9.17) is 4.74 Å². The van der Waals surface area contributed by atoms with Gasteiger partial charge in [-0.2, -0.15) is 0 Å². The molecule has 1 aromatic carbocycles. The standard InChI is InChI=1S/C16H19NO3/c1-20-9-8-17-10-14(16(18)19)13-7-3-6-12(15(13)17)11-4-2-5-11/h3,6-7,10-11H,2,4-5,8-9H2,1H3,(H,18,19). The maximum absolute atomic E-state index is 11.4. The Balaban J connectivity index is 2.16. The molecule has 1 saturated carbocycles. The van der Waals surface area contributed by atoms with Gasteiger partial charge in [0, 0.05) is 25.2 Å². The topological polar surface area (TPSA) is 51.5 Å². The number of aromatic nitrogens is 1. The Bertz CT molecular complexity index is 640. The molecule has 4 heteroatoms. The summed E-state index contributed by atoms with van der Waals surface area (Å²) in [6, 6.07) is 6.02. The van der Waals surface area contributed by atoms with Crippen molar-refractivity contribution in [2.75, 3.05) is 13.7 Å². The second-order valence-electron chi connectivity index (χ2n) is 5.41. The average molecular weight is 273 g/mol. The van der Waals surface area contributed by atoms with E-state index in [2.05, 4.69) is 6.07 Å². The zero-order valence-corrected chi connectivity index (χ0v) is 11.6. The lowest BCUT2D eigenvalue weighted by molar-refractivity contribution is 0.0698. The monoisotopic (exact) mass is 273 g/mol. The van der Waals surface area contributed by atoms with E-state index in [-0.39, 0.29) is 0 Å². The molecule has 1 aliphatic rings. The molecule has 2 aromatic rings. The normalized spacial score (nSPS) is 15.4. The lowest BCUT2D eigenvalue weighted by atomic mass is 9.79. The first-order chi connectivity index (χ1) is 9.72. The predicted molar refractivity (Wildman–Crippen MR) is 77.4 cm³/mol. The second-order valence-corrected chi connectivity index (χ2v) is 5.41. The van der Waals surface area contributed by atoms with Gasteiger partial charge in [-0.05, 0) is 24.3 Å². The molecule has 1 fully saturated rings. The van der Waals surface area contributed by atoms with Gasteiger partial charge in [0.15, 0.2) is 0 Å². The van der Waals surface area contributed by atoms with Gasteiger partial charge in [-0.25, -0.2) is 4.79 Å².